The number of nitrogens with one attached hydrogen (secondary N) is 1. The Hall–Kier alpha value is -2.02. The van der Waals surface area contributed by atoms with Crippen LogP contribution in [0.2, 0.25) is 0 Å². The van der Waals surface area contributed by atoms with Gasteiger partial charge in [0.15, 0.2) is 6.04 Å². The highest BCUT2D eigenvalue weighted by Gasteiger charge is 2.36. The monoisotopic (exact) mass is 350 g/mol. The first-order chi connectivity index (χ1) is 11.3. The molecule has 0 spiro atoms. The van der Waals surface area contributed by atoms with Crippen molar-refractivity contribution in [3.05, 3.63) is 34.9 Å². The zero-order valence-corrected chi connectivity index (χ0v) is 14.9. The van der Waals surface area contributed by atoms with Gasteiger partial charge < -0.3 is 15.3 Å². The van der Waals surface area contributed by atoms with Gasteiger partial charge >= 0.3 is 5.97 Å². The van der Waals surface area contributed by atoms with Crippen molar-refractivity contribution in [2.45, 2.75) is 39.3 Å². The second-order valence-electron chi connectivity index (χ2n) is 5.86. The van der Waals surface area contributed by atoms with Gasteiger partial charge in [0.1, 0.15) is 6.04 Å². The minimum Gasteiger partial charge on any atom is -0.479 e. The van der Waals surface area contributed by atoms with Crippen molar-refractivity contribution in [3.63, 3.8) is 0 Å². The maximum Gasteiger partial charge on any atom is 0.330 e. The van der Waals surface area contributed by atoms with E-state index in [0.717, 1.165) is 11.1 Å². The quantitative estimate of drug-likeness (QED) is 0.846. The molecule has 1 saturated heterocycles. The molecule has 2 amide bonds. The SMILES string of the molecule is CCC(=O)N1CSCC1C(=O)NC(C(=O)O)c1ccc(C)c(C)c1. The van der Waals surface area contributed by atoms with Gasteiger partial charge in [0, 0.05) is 12.2 Å². The first-order valence-corrected chi connectivity index (χ1v) is 8.98. The highest BCUT2D eigenvalue weighted by atomic mass is 32.2. The summed E-state index contributed by atoms with van der Waals surface area (Å²) >= 11 is 1.49. The lowest BCUT2D eigenvalue weighted by atomic mass is 10.0. The van der Waals surface area contributed by atoms with E-state index in [1.165, 1.54) is 16.7 Å². The van der Waals surface area contributed by atoms with Gasteiger partial charge in [0.2, 0.25) is 11.8 Å². The number of carbonyl (C=O) groups is 3. The Bertz CT molecular complexity index is 662. The summed E-state index contributed by atoms with van der Waals surface area (Å²) in [5.41, 5.74) is 2.55. The van der Waals surface area contributed by atoms with Crippen LogP contribution in [0.1, 0.15) is 36.1 Å². The van der Waals surface area contributed by atoms with Gasteiger partial charge in [-0.25, -0.2) is 4.79 Å². The smallest absolute Gasteiger partial charge is 0.330 e. The number of carbonyl (C=O) groups excluding carboxylic acids is 2. The largest absolute Gasteiger partial charge is 0.479 e. The van der Waals surface area contributed by atoms with Crippen LogP contribution in [0.5, 0.6) is 0 Å². The fourth-order valence-corrected chi connectivity index (χ4v) is 3.76. The molecule has 6 nitrogen and oxygen atoms in total. The van der Waals surface area contributed by atoms with Crippen molar-refractivity contribution in [2.24, 2.45) is 0 Å². The number of aliphatic carboxylic acids is 1. The molecule has 2 atom stereocenters. The van der Waals surface area contributed by atoms with Crippen LogP contribution in [0, 0.1) is 13.8 Å². The summed E-state index contributed by atoms with van der Waals surface area (Å²) in [5.74, 6) is -0.695. The predicted molar refractivity (Wildman–Crippen MR) is 92.7 cm³/mol. The highest BCUT2D eigenvalue weighted by molar-refractivity contribution is 7.99. The highest BCUT2D eigenvalue weighted by Crippen LogP contribution is 2.23. The molecule has 0 aliphatic carbocycles. The van der Waals surface area contributed by atoms with Crippen LogP contribution in [0.4, 0.5) is 0 Å². The van der Waals surface area contributed by atoms with Gasteiger partial charge in [-0.2, -0.15) is 0 Å². The zero-order valence-electron chi connectivity index (χ0n) is 14.0. The predicted octanol–water partition coefficient (Wildman–Crippen LogP) is 1.86. The Kier molecular flexibility index (Phi) is 5.88. The molecule has 1 aromatic rings. The number of carboxylic acid groups (broad SMARTS) is 1. The number of carboxylic acids is 1. The third-order valence-corrected chi connectivity index (χ3v) is 5.22. The van der Waals surface area contributed by atoms with E-state index >= 15 is 0 Å². The Morgan fingerprint density at radius 2 is 2.04 bits per heavy atom. The maximum atomic E-state index is 12.5. The Morgan fingerprint density at radius 1 is 1.33 bits per heavy atom. The van der Waals surface area contributed by atoms with Crippen LogP contribution >= 0.6 is 11.8 Å². The van der Waals surface area contributed by atoms with Crippen LogP contribution in [0.3, 0.4) is 0 Å². The summed E-state index contributed by atoms with van der Waals surface area (Å²) in [6, 6.07) is 3.58. The summed E-state index contributed by atoms with van der Waals surface area (Å²) in [6.07, 6.45) is 0.323. The lowest BCUT2D eigenvalue weighted by Gasteiger charge is -2.24. The standard InChI is InChI=1S/C17H22N2O4S/c1-4-14(20)19-9-24-8-13(19)16(21)18-15(17(22)23)12-6-5-10(2)11(3)7-12/h5-7,13,15H,4,8-9H2,1-3H3,(H,18,21)(H,22,23). The lowest BCUT2D eigenvalue weighted by Crippen LogP contribution is -2.49. The molecule has 24 heavy (non-hydrogen) atoms. The van der Waals surface area contributed by atoms with E-state index in [0.29, 0.717) is 23.6 Å². The minimum atomic E-state index is -1.12. The number of benzene rings is 1. The molecule has 1 fully saturated rings. The van der Waals surface area contributed by atoms with E-state index in [1.807, 2.05) is 19.9 Å². The summed E-state index contributed by atoms with van der Waals surface area (Å²) in [4.78, 5) is 37.6. The molecule has 1 aliphatic rings. The molecule has 0 saturated carbocycles. The molecule has 0 bridgehead atoms. The van der Waals surface area contributed by atoms with Gasteiger partial charge in [-0.1, -0.05) is 25.1 Å². The first-order valence-electron chi connectivity index (χ1n) is 7.82. The van der Waals surface area contributed by atoms with E-state index in [2.05, 4.69) is 5.32 Å². The van der Waals surface area contributed by atoms with E-state index in [1.54, 1.807) is 19.1 Å². The average molecular weight is 350 g/mol. The number of hydrogen-bond acceptors (Lipinski definition) is 4. The van der Waals surface area contributed by atoms with Gasteiger partial charge in [-0.3, -0.25) is 9.59 Å². The fourth-order valence-electron chi connectivity index (χ4n) is 2.58. The number of hydrogen-bond donors (Lipinski definition) is 2. The van der Waals surface area contributed by atoms with Crippen LogP contribution in [-0.4, -0.2) is 45.5 Å². The van der Waals surface area contributed by atoms with Crippen molar-refractivity contribution in [3.8, 4) is 0 Å². The van der Waals surface area contributed by atoms with Crippen LogP contribution in [0.15, 0.2) is 18.2 Å². The molecule has 0 radical (unpaired) electrons. The van der Waals surface area contributed by atoms with Crippen molar-refractivity contribution >= 4 is 29.5 Å². The zero-order chi connectivity index (χ0) is 17.9. The van der Waals surface area contributed by atoms with Crippen molar-refractivity contribution < 1.29 is 19.5 Å². The van der Waals surface area contributed by atoms with Gasteiger partial charge in [-0.05, 0) is 30.5 Å². The number of amides is 2. The second-order valence-corrected chi connectivity index (χ2v) is 6.86. The Balaban J connectivity index is 2.18. The van der Waals surface area contributed by atoms with Crippen molar-refractivity contribution in [1.29, 1.82) is 0 Å². The molecule has 7 heteroatoms. The van der Waals surface area contributed by atoms with Gasteiger partial charge in [0.05, 0.1) is 5.88 Å². The number of rotatable bonds is 5. The molecule has 1 aliphatic heterocycles. The lowest BCUT2D eigenvalue weighted by molar-refractivity contribution is -0.143. The first kappa shape index (κ1) is 18.3. The number of aryl methyl sites for hydroxylation is 2. The number of nitrogens with zero attached hydrogens (tertiary/aromatic N) is 1. The normalized spacial score (nSPS) is 18.3. The van der Waals surface area contributed by atoms with Gasteiger partial charge in [-0.15, -0.1) is 11.8 Å². The van der Waals surface area contributed by atoms with Crippen LogP contribution in [-0.2, 0) is 14.4 Å². The maximum absolute atomic E-state index is 12.5. The van der Waals surface area contributed by atoms with Gasteiger partial charge in [0.25, 0.3) is 0 Å². The minimum absolute atomic E-state index is 0.0989. The third-order valence-electron chi connectivity index (χ3n) is 4.21. The Labute approximate surface area is 145 Å². The molecule has 2 N–H and O–H groups in total. The molecule has 2 rings (SSSR count). The fraction of sp³-hybridized carbons (Fsp3) is 0.471. The van der Waals surface area contributed by atoms with Crippen LogP contribution < -0.4 is 5.32 Å². The van der Waals surface area contributed by atoms with E-state index in [4.69, 9.17) is 0 Å². The summed E-state index contributed by atoms with van der Waals surface area (Å²) in [7, 11) is 0. The molecule has 2 unspecified atom stereocenters. The average Bonchev–Trinajstić information content (AvgIpc) is 3.03. The Morgan fingerprint density at radius 3 is 2.62 bits per heavy atom. The van der Waals surface area contributed by atoms with Crippen molar-refractivity contribution in [2.75, 3.05) is 11.6 Å². The molecule has 1 heterocycles. The van der Waals surface area contributed by atoms with E-state index < -0.39 is 24.0 Å². The van der Waals surface area contributed by atoms with Crippen molar-refractivity contribution in [1.82, 2.24) is 10.2 Å². The summed E-state index contributed by atoms with van der Waals surface area (Å²) in [5, 5.41) is 12.1. The van der Waals surface area contributed by atoms with E-state index in [9.17, 15) is 19.5 Å². The summed E-state index contributed by atoms with van der Waals surface area (Å²) < 4.78 is 0. The third kappa shape index (κ3) is 3.90. The molecule has 0 aromatic heterocycles. The molecule has 1 aromatic carbocycles. The van der Waals surface area contributed by atoms with E-state index in [-0.39, 0.29) is 5.91 Å². The summed E-state index contributed by atoms with van der Waals surface area (Å²) in [6.45, 7) is 5.59. The topological polar surface area (TPSA) is 86.7 Å². The second kappa shape index (κ2) is 7.70. The molecule has 130 valence electrons. The number of thioether (sulfide) groups is 1. The molecular formula is C17H22N2O4S. The van der Waals surface area contributed by atoms with Crippen LogP contribution in [0.25, 0.3) is 0 Å². The molecular weight excluding hydrogens is 328 g/mol.